The highest BCUT2D eigenvalue weighted by Gasteiger charge is 2.07. The fraction of sp³-hybridized carbons (Fsp3) is 0.0370. The molecule has 154 valence electrons. The Balaban J connectivity index is 1.64. The maximum atomic E-state index is 5.78. The van der Waals surface area contributed by atoms with Crippen molar-refractivity contribution in [3.8, 4) is 11.1 Å². The Morgan fingerprint density at radius 3 is 1.91 bits per heavy atom. The number of nitrogens with one attached hydrogen (secondary N) is 2. The summed E-state index contributed by atoms with van der Waals surface area (Å²) in [7, 11) is 0. The molecule has 5 heterocycles. The van der Waals surface area contributed by atoms with E-state index >= 15 is 0 Å². The highest BCUT2D eigenvalue weighted by molar-refractivity contribution is 5.88. The van der Waals surface area contributed by atoms with E-state index in [1.807, 2.05) is 36.4 Å². The number of rotatable bonds is 2. The van der Waals surface area contributed by atoms with Gasteiger partial charge in [0, 0.05) is 34.2 Å². The van der Waals surface area contributed by atoms with Gasteiger partial charge in [0.15, 0.2) is 0 Å². The molecule has 32 heavy (non-hydrogen) atoms. The van der Waals surface area contributed by atoms with Crippen molar-refractivity contribution in [1.29, 1.82) is 0 Å². The van der Waals surface area contributed by atoms with Gasteiger partial charge in [0.25, 0.3) is 0 Å². The van der Waals surface area contributed by atoms with E-state index in [0.717, 1.165) is 61.5 Å². The van der Waals surface area contributed by atoms with Gasteiger partial charge in [0.05, 0.1) is 22.8 Å². The predicted octanol–water partition coefficient (Wildman–Crippen LogP) is 5.78. The molecule has 0 spiro atoms. The molecule has 0 unspecified atom stereocenters. The molecule has 0 atom stereocenters. The fourth-order valence-electron chi connectivity index (χ4n) is 4.08. The van der Waals surface area contributed by atoms with Crippen molar-refractivity contribution >= 4 is 46.4 Å². The Morgan fingerprint density at radius 1 is 0.594 bits per heavy atom. The smallest absolute Gasteiger partial charge is 0.0659 e. The summed E-state index contributed by atoms with van der Waals surface area (Å²) in [6, 6.07) is 22.9. The first kappa shape index (κ1) is 18.5. The molecule has 5 heteroatoms. The van der Waals surface area contributed by atoms with E-state index in [1.165, 1.54) is 0 Å². The maximum Gasteiger partial charge on any atom is 0.0659 e. The molecule has 6 rings (SSSR count). The predicted molar refractivity (Wildman–Crippen MR) is 132 cm³/mol. The van der Waals surface area contributed by atoms with Crippen LogP contribution in [0.25, 0.3) is 57.5 Å². The number of H-pyrrole nitrogens is 2. The van der Waals surface area contributed by atoms with Gasteiger partial charge in [-0.3, -0.25) is 0 Å². The molecule has 5 nitrogen and oxygen atoms in total. The van der Waals surface area contributed by atoms with Crippen molar-refractivity contribution in [2.24, 2.45) is 5.73 Å². The molecule has 0 radical (unpaired) electrons. The van der Waals surface area contributed by atoms with Gasteiger partial charge in [-0.1, -0.05) is 24.3 Å². The third-order valence-corrected chi connectivity index (χ3v) is 5.67. The van der Waals surface area contributed by atoms with Crippen LogP contribution in [0.1, 0.15) is 28.3 Å². The van der Waals surface area contributed by atoms with Crippen LogP contribution in [0.2, 0.25) is 0 Å². The van der Waals surface area contributed by atoms with Crippen LogP contribution in [-0.4, -0.2) is 19.9 Å². The van der Waals surface area contributed by atoms with Gasteiger partial charge in [-0.15, -0.1) is 0 Å². The first-order valence-corrected chi connectivity index (χ1v) is 10.6. The quantitative estimate of drug-likeness (QED) is 0.335. The van der Waals surface area contributed by atoms with Crippen LogP contribution in [0.4, 0.5) is 0 Å². The normalized spacial score (nSPS) is 12.4. The summed E-state index contributed by atoms with van der Waals surface area (Å²) < 4.78 is 0. The summed E-state index contributed by atoms with van der Waals surface area (Å²) in [4.78, 5) is 16.5. The number of aromatic nitrogens is 4. The van der Waals surface area contributed by atoms with Gasteiger partial charge >= 0.3 is 0 Å². The molecular weight excluding hydrogens is 394 g/mol. The number of aromatic amines is 2. The van der Waals surface area contributed by atoms with E-state index in [0.29, 0.717) is 6.54 Å². The highest BCUT2D eigenvalue weighted by atomic mass is 14.8. The second kappa shape index (κ2) is 7.48. The van der Waals surface area contributed by atoms with E-state index < -0.39 is 0 Å². The van der Waals surface area contributed by atoms with Gasteiger partial charge in [0.2, 0.25) is 0 Å². The monoisotopic (exact) mass is 415 g/mol. The molecule has 0 aliphatic carbocycles. The summed E-state index contributed by atoms with van der Waals surface area (Å²) in [6.07, 6.45) is 8.08. The van der Waals surface area contributed by atoms with E-state index in [2.05, 4.69) is 69.5 Å². The Morgan fingerprint density at radius 2 is 1.22 bits per heavy atom. The lowest BCUT2D eigenvalue weighted by molar-refractivity contribution is 1.07. The van der Waals surface area contributed by atoms with Crippen LogP contribution in [0, 0.1) is 0 Å². The van der Waals surface area contributed by atoms with Crippen LogP contribution in [0.3, 0.4) is 0 Å². The molecular formula is C27H21N5. The number of fused-ring (bicyclic) bond motifs is 8. The van der Waals surface area contributed by atoms with Crippen molar-refractivity contribution in [2.75, 3.05) is 0 Å². The summed E-state index contributed by atoms with van der Waals surface area (Å²) in [5, 5.41) is 0. The third kappa shape index (κ3) is 3.55. The molecule has 0 amide bonds. The Bertz CT molecular complexity index is 1550. The van der Waals surface area contributed by atoms with E-state index in [4.69, 9.17) is 10.7 Å². The zero-order chi connectivity index (χ0) is 21.5. The maximum absolute atomic E-state index is 5.78. The minimum atomic E-state index is 0.536. The summed E-state index contributed by atoms with van der Waals surface area (Å²) in [5.41, 5.74) is 16.8. The summed E-state index contributed by atoms with van der Waals surface area (Å²) in [6.45, 7) is 0.536. The minimum Gasteiger partial charge on any atom is -0.355 e. The standard InChI is InChI=1S/C27H21N5/c28-16-17-1-3-18(4-2-17)26-14-25-13-23-8-7-21(30-23)11-19-5-6-20(29-19)12-22-9-10-24(31-22)15-27(26)32-25/h1-15,30,32H,16,28H2. The van der Waals surface area contributed by atoms with E-state index in [9.17, 15) is 0 Å². The first-order chi connectivity index (χ1) is 15.7. The fourth-order valence-corrected chi connectivity index (χ4v) is 4.08. The van der Waals surface area contributed by atoms with Crippen LogP contribution >= 0.6 is 0 Å². The molecule has 2 aliphatic rings. The lowest BCUT2D eigenvalue weighted by Gasteiger charge is -2.01. The highest BCUT2D eigenvalue weighted by Crippen LogP contribution is 2.28. The molecule has 2 aliphatic heterocycles. The van der Waals surface area contributed by atoms with E-state index in [1.54, 1.807) is 0 Å². The number of nitrogens with two attached hydrogens (primary N) is 1. The molecule has 0 saturated heterocycles. The Hall–Kier alpha value is -4.22. The van der Waals surface area contributed by atoms with Crippen LogP contribution in [0.15, 0.2) is 66.7 Å². The number of benzene rings is 1. The minimum absolute atomic E-state index is 0.536. The van der Waals surface area contributed by atoms with Gasteiger partial charge in [0.1, 0.15) is 0 Å². The van der Waals surface area contributed by atoms with Crippen molar-refractivity contribution in [3.63, 3.8) is 0 Å². The average molecular weight is 416 g/mol. The number of hydrogen-bond donors (Lipinski definition) is 3. The molecule has 4 aromatic rings. The summed E-state index contributed by atoms with van der Waals surface area (Å²) in [5.74, 6) is 0. The molecule has 0 saturated carbocycles. The van der Waals surface area contributed by atoms with Crippen molar-refractivity contribution in [3.05, 3.63) is 95.1 Å². The first-order valence-electron chi connectivity index (χ1n) is 10.6. The largest absolute Gasteiger partial charge is 0.355 e. The van der Waals surface area contributed by atoms with Crippen molar-refractivity contribution in [1.82, 2.24) is 19.9 Å². The Kier molecular flexibility index (Phi) is 4.33. The topological polar surface area (TPSA) is 83.4 Å². The number of hydrogen-bond acceptors (Lipinski definition) is 3. The third-order valence-electron chi connectivity index (χ3n) is 5.67. The molecule has 3 aromatic heterocycles. The van der Waals surface area contributed by atoms with Crippen molar-refractivity contribution < 1.29 is 0 Å². The molecule has 8 bridgehead atoms. The van der Waals surface area contributed by atoms with Gasteiger partial charge < -0.3 is 15.7 Å². The van der Waals surface area contributed by atoms with Gasteiger partial charge in [-0.2, -0.15) is 0 Å². The number of nitrogens with zero attached hydrogens (tertiary/aromatic N) is 2. The molecule has 0 fully saturated rings. The average Bonchev–Trinajstić information content (AvgIpc) is 3.59. The lowest BCUT2D eigenvalue weighted by atomic mass is 10.0. The zero-order valence-corrected chi connectivity index (χ0v) is 17.3. The Labute approximate surface area is 185 Å². The lowest BCUT2D eigenvalue weighted by Crippen LogP contribution is -1.95. The van der Waals surface area contributed by atoms with Crippen LogP contribution in [0.5, 0.6) is 0 Å². The van der Waals surface area contributed by atoms with Crippen LogP contribution < -0.4 is 5.73 Å². The van der Waals surface area contributed by atoms with Crippen LogP contribution in [-0.2, 0) is 6.54 Å². The second-order valence-electron chi connectivity index (χ2n) is 7.99. The SMILES string of the molecule is NCc1ccc(-c2cc3cc4ccc(cc5nc(cc6nc(cc2[nH]3)C=C6)C=C5)[nH]4)cc1. The second-order valence-corrected chi connectivity index (χ2v) is 7.99. The van der Waals surface area contributed by atoms with Gasteiger partial charge in [-0.05, 0) is 77.9 Å². The zero-order valence-electron chi connectivity index (χ0n) is 17.3. The molecule has 1 aromatic carbocycles. The molecule has 4 N–H and O–H groups in total. The van der Waals surface area contributed by atoms with Gasteiger partial charge in [-0.25, -0.2) is 9.97 Å². The van der Waals surface area contributed by atoms with Crippen molar-refractivity contribution in [2.45, 2.75) is 6.54 Å². The summed E-state index contributed by atoms with van der Waals surface area (Å²) >= 11 is 0. The van der Waals surface area contributed by atoms with E-state index in [-0.39, 0.29) is 0 Å².